The lowest BCUT2D eigenvalue weighted by atomic mass is 10.0. The van der Waals surface area contributed by atoms with Crippen molar-refractivity contribution in [3.05, 3.63) is 35.2 Å². The van der Waals surface area contributed by atoms with Gasteiger partial charge in [0.15, 0.2) is 0 Å². The third-order valence-electron chi connectivity index (χ3n) is 3.44. The minimum absolute atomic E-state index is 0.00468. The standard InChI is InChI=1S/C14H11F3N4O4/c1-6-4-7(11(22)18-9-5-24-21-12(9)23)2-3-8(6)10-19-13(25-20-10)14(15,16)17/h2-4,9H,5H2,1H3,(H,18,22)(H,21,23). The summed E-state index contributed by atoms with van der Waals surface area (Å²) < 4.78 is 41.8. The van der Waals surface area contributed by atoms with Gasteiger partial charge in [-0.1, -0.05) is 11.2 Å². The number of nitrogens with one attached hydrogen (secondary N) is 2. The molecule has 0 radical (unpaired) electrons. The van der Waals surface area contributed by atoms with E-state index in [9.17, 15) is 22.8 Å². The third-order valence-corrected chi connectivity index (χ3v) is 3.44. The molecule has 1 unspecified atom stereocenters. The average molecular weight is 356 g/mol. The molecule has 3 rings (SSSR count). The molecule has 1 aromatic carbocycles. The van der Waals surface area contributed by atoms with Crippen molar-refractivity contribution in [3.63, 3.8) is 0 Å². The maximum Gasteiger partial charge on any atom is 0.471 e. The maximum atomic E-state index is 12.5. The molecule has 11 heteroatoms. The quantitative estimate of drug-likeness (QED) is 0.857. The second-order valence-electron chi connectivity index (χ2n) is 5.25. The van der Waals surface area contributed by atoms with Crippen molar-refractivity contribution in [3.8, 4) is 11.4 Å². The van der Waals surface area contributed by atoms with Crippen LogP contribution in [-0.4, -0.2) is 34.6 Å². The van der Waals surface area contributed by atoms with Crippen molar-refractivity contribution in [2.75, 3.05) is 6.61 Å². The highest BCUT2D eigenvalue weighted by Crippen LogP contribution is 2.30. The number of hydrogen-bond acceptors (Lipinski definition) is 6. The number of benzene rings is 1. The Morgan fingerprint density at radius 2 is 2.16 bits per heavy atom. The summed E-state index contributed by atoms with van der Waals surface area (Å²) in [5, 5.41) is 5.79. The Morgan fingerprint density at radius 3 is 2.72 bits per heavy atom. The normalized spacial score (nSPS) is 17.4. The first-order valence-corrected chi connectivity index (χ1v) is 7.00. The molecule has 0 spiro atoms. The predicted octanol–water partition coefficient (Wildman–Crippen LogP) is 1.22. The smallest absolute Gasteiger partial charge is 0.338 e. The zero-order valence-corrected chi connectivity index (χ0v) is 12.7. The van der Waals surface area contributed by atoms with E-state index in [-0.39, 0.29) is 23.6 Å². The molecule has 1 aliphatic rings. The van der Waals surface area contributed by atoms with Gasteiger partial charge < -0.3 is 9.84 Å². The molecule has 1 aliphatic heterocycles. The van der Waals surface area contributed by atoms with E-state index in [2.05, 4.69) is 25.5 Å². The fraction of sp³-hybridized carbons (Fsp3) is 0.286. The van der Waals surface area contributed by atoms with E-state index in [1.807, 2.05) is 0 Å². The minimum atomic E-state index is -4.73. The lowest BCUT2D eigenvalue weighted by Crippen LogP contribution is -2.41. The summed E-state index contributed by atoms with van der Waals surface area (Å²) in [6, 6.07) is 3.43. The van der Waals surface area contributed by atoms with E-state index in [0.29, 0.717) is 5.56 Å². The number of rotatable bonds is 3. The fourth-order valence-electron chi connectivity index (χ4n) is 2.20. The van der Waals surface area contributed by atoms with E-state index in [1.54, 1.807) is 6.92 Å². The first kappa shape index (κ1) is 16.9. The van der Waals surface area contributed by atoms with Crippen LogP contribution in [0.15, 0.2) is 22.7 Å². The number of carbonyl (C=O) groups is 2. The van der Waals surface area contributed by atoms with Crippen LogP contribution >= 0.6 is 0 Å². The molecule has 8 nitrogen and oxygen atoms in total. The fourth-order valence-corrected chi connectivity index (χ4v) is 2.20. The number of aromatic nitrogens is 2. The van der Waals surface area contributed by atoms with Crippen molar-refractivity contribution in [2.24, 2.45) is 0 Å². The molecule has 1 atom stereocenters. The van der Waals surface area contributed by atoms with Crippen LogP contribution in [0.2, 0.25) is 0 Å². The van der Waals surface area contributed by atoms with Crippen molar-refractivity contribution >= 4 is 11.8 Å². The van der Waals surface area contributed by atoms with Crippen molar-refractivity contribution < 1.29 is 32.1 Å². The van der Waals surface area contributed by atoms with Crippen molar-refractivity contribution in [1.29, 1.82) is 0 Å². The van der Waals surface area contributed by atoms with Crippen LogP contribution in [0.3, 0.4) is 0 Å². The van der Waals surface area contributed by atoms with Crippen molar-refractivity contribution in [1.82, 2.24) is 20.9 Å². The van der Waals surface area contributed by atoms with Crippen LogP contribution in [0, 0.1) is 6.92 Å². The Balaban J connectivity index is 1.80. The lowest BCUT2D eigenvalue weighted by Gasteiger charge is -2.10. The SMILES string of the molecule is Cc1cc(C(=O)NC2CONC2=O)ccc1-c1noc(C(F)(F)F)n1. The second-order valence-corrected chi connectivity index (χ2v) is 5.25. The molecule has 2 aromatic rings. The number of amides is 2. The van der Waals surface area contributed by atoms with Crippen LogP contribution in [0.25, 0.3) is 11.4 Å². The van der Waals surface area contributed by atoms with Crippen molar-refractivity contribution in [2.45, 2.75) is 19.1 Å². The number of alkyl halides is 3. The Morgan fingerprint density at radius 1 is 1.40 bits per heavy atom. The summed E-state index contributed by atoms with van der Waals surface area (Å²) in [4.78, 5) is 31.5. The van der Waals surface area contributed by atoms with Crippen LogP contribution in [0.5, 0.6) is 0 Å². The van der Waals surface area contributed by atoms with E-state index in [1.165, 1.54) is 18.2 Å². The molecule has 2 heterocycles. The molecule has 1 fully saturated rings. The summed E-state index contributed by atoms with van der Waals surface area (Å²) in [5.41, 5.74) is 3.09. The van der Waals surface area contributed by atoms with Gasteiger partial charge in [-0.15, -0.1) is 0 Å². The molecule has 25 heavy (non-hydrogen) atoms. The number of hydroxylamine groups is 1. The van der Waals surface area contributed by atoms with Gasteiger partial charge in [0.2, 0.25) is 5.82 Å². The van der Waals surface area contributed by atoms with Crippen LogP contribution in [0.1, 0.15) is 21.8 Å². The molecule has 132 valence electrons. The first-order chi connectivity index (χ1) is 11.8. The summed E-state index contributed by atoms with van der Waals surface area (Å²) in [6.07, 6.45) is -4.73. The number of aryl methyl sites for hydroxylation is 1. The Kier molecular flexibility index (Phi) is 4.17. The highest BCUT2D eigenvalue weighted by molar-refractivity contribution is 5.98. The van der Waals surface area contributed by atoms with Crippen LogP contribution < -0.4 is 10.8 Å². The molecule has 0 bridgehead atoms. The van der Waals surface area contributed by atoms with Gasteiger partial charge in [0.1, 0.15) is 12.6 Å². The van der Waals surface area contributed by atoms with E-state index in [0.717, 1.165) is 0 Å². The summed E-state index contributed by atoms with van der Waals surface area (Å²) in [6.45, 7) is 1.59. The molecule has 0 aliphatic carbocycles. The summed E-state index contributed by atoms with van der Waals surface area (Å²) >= 11 is 0. The topological polar surface area (TPSA) is 106 Å². The molecule has 2 amide bonds. The van der Waals surface area contributed by atoms with Gasteiger partial charge in [-0.3, -0.25) is 14.4 Å². The van der Waals surface area contributed by atoms with E-state index < -0.39 is 29.9 Å². The van der Waals surface area contributed by atoms with Gasteiger partial charge in [0, 0.05) is 11.1 Å². The third kappa shape index (κ3) is 3.45. The summed E-state index contributed by atoms with van der Waals surface area (Å²) in [5.74, 6) is -2.67. The van der Waals surface area contributed by atoms with Gasteiger partial charge in [0.25, 0.3) is 11.8 Å². The van der Waals surface area contributed by atoms with Gasteiger partial charge in [-0.2, -0.15) is 18.2 Å². The Labute approximate surface area is 138 Å². The number of hydrogen-bond donors (Lipinski definition) is 2. The number of nitrogens with zero attached hydrogens (tertiary/aromatic N) is 2. The Hall–Kier alpha value is -2.95. The van der Waals surface area contributed by atoms with Crippen LogP contribution in [0.4, 0.5) is 13.2 Å². The van der Waals surface area contributed by atoms with Gasteiger partial charge in [0.05, 0.1) is 0 Å². The monoisotopic (exact) mass is 356 g/mol. The zero-order chi connectivity index (χ0) is 18.2. The maximum absolute atomic E-state index is 12.5. The highest BCUT2D eigenvalue weighted by atomic mass is 19.4. The molecular weight excluding hydrogens is 345 g/mol. The first-order valence-electron chi connectivity index (χ1n) is 7.00. The molecule has 1 aromatic heterocycles. The zero-order valence-electron chi connectivity index (χ0n) is 12.7. The highest BCUT2D eigenvalue weighted by Gasteiger charge is 2.38. The molecule has 1 saturated heterocycles. The largest absolute Gasteiger partial charge is 0.471 e. The van der Waals surface area contributed by atoms with E-state index >= 15 is 0 Å². The lowest BCUT2D eigenvalue weighted by molar-refractivity contribution is -0.159. The van der Waals surface area contributed by atoms with Crippen LogP contribution in [-0.2, 0) is 15.8 Å². The molecule has 2 N–H and O–H groups in total. The molecule has 0 saturated carbocycles. The van der Waals surface area contributed by atoms with Gasteiger partial charge in [-0.05, 0) is 24.6 Å². The minimum Gasteiger partial charge on any atom is -0.338 e. The molecular formula is C14H11F3N4O4. The van der Waals surface area contributed by atoms with Gasteiger partial charge in [-0.25, -0.2) is 5.48 Å². The predicted molar refractivity (Wildman–Crippen MR) is 74.8 cm³/mol. The van der Waals surface area contributed by atoms with E-state index in [4.69, 9.17) is 4.84 Å². The number of halogens is 3. The Bertz CT molecular complexity index is 834. The average Bonchev–Trinajstić information content (AvgIpc) is 3.17. The number of carbonyl (C=O) groups excluding carboxylic acids is 2. The summed E-state index contributed by atoms with van der Waals surface area (Å²) in [7, 11) is 0. The van der Waals surface area contributed by atoms with Gasteiger partial charge >= 0.3 is 12.1 Å². The second kappa shape index (κ2) is 6.16.